The summed E-state index contributed by atoms with van der Waals surface area (Å²) in [5, 5.41) is 1.20. The fourth-order valence-corrected chi connectivity index (χ4v) is 9.76. The lowest BCUT2D eigenvalue weighted by atomic mass is 9.35. The molecule has 4 heteroatoms. The summed E-state index contributed by atoms with van der Waals surface area (Å²) in [6, 6.07) is 29.1. The van der Waals surface area contributed by atoms with Crippen LogP contribution >= 0.6 is 0 Å². The van der Waals surface area contributed by atoms with Gasteiger partial charge in [-0.05, 0) is 130 Å². The van der Waals surface area contributed by atoms with E-state index in [1.807, 2.05) is 0 Å². The molecular weight excluding hydrogens is 595 g/mol. The second kappa shape index (κ2) is 10.5. The molecule has 2 saturated carbocycles. The molecule has 4 aromatic carbocycles. The molecule has 3 heterocycles. The Balaban J connectivity index is 1.37. The molecule has 0 spiro atoms. The zero-order valence-electron chi connectivity index (χ0n) is 30.9. The van der Waals surface area contributed by atoms with Crippen molar-refractivity contribution >= 4 is 62.7 Å². The fourth-order valence-electron chi connectivity index (χ4n) is 9.76. The number of hydrogen-bond donors (Lipinski definition) is 0. The molecule has 3 nitrogen and oxygen atoms in total. The van der Waals surface area contributed by atoms with Crippen LogP contribution < -0.4 is 26.4 Å². The van der Waals surface area contributed by atoms with Crippen LogP contribution in [0.1, 0.15) is 109 Å². The van der Waals surface area contributed by atoms with Gasteiger partial charge in [-0.3, -0.25) is 0 Å². The molecule has 2 aliphatic carbocycles. The summed E-state index contributed by atoms with van der Waals surface area (Å²) in [7, 11) is 0. The van der Waals surface area contributed by atoms with E-state index in [2.05, 4.69) is 145 Å². The summed E-state index contributed by atoms with van der Waals surface area (Å²) >= 11 is 0. The minimum atomic E-state index is 0.0264. The van der Waals surface area contributed by atoms with E-state index in [-0.39, 0.29) is 17.5 Å². The third kappa shape index (κ3) is 4.69. The average molecular weight is 647 g/mol. The molecule has 1 aromatic heterocycles. The Bertz CT molecular complexity index is 2130. The topological polar surface area (TPSA) is 19.6 Å². The number of nitrogens with zero attached hydrogens (tertiary/aromatic N) is 2. The van der Waals surface area contributed by atoms with Gasteiger partial charge in [0.2, 0.25) is 0 Å². The fraction of sp³-hybridized carbons (Fsp3) is 0.422. The first-order valence-corrected chi connectivity index (χ1v) is 18.8. The molecular formula is C45H51BN2O. The minimum Gasteiger partial charge on any atom is -0.468 e. The van der Waals surface area contributed by atoms with Crippen LogP contribution in [0.25, 0.3) is 11.0 Å². The van der Waals surface area contributed by atoms with Crippen LogP contribution in [-0.2, 0) is 10.8 Å². The Labute approximate surface area is 293 Å². The summed E-state index contributed by atoms with van der Waals surface area (Å²) < 4.78 is 7.17. The Hall–Kier alpha value is -3.92. The number of benzene rings is 4. The monoisotopic (exact) mass is 646 g/mol. The van der Waals surface area contributed by atoms with Crippen LogP contribution in [0, 0.1) is 18.8 Å². The second-order valence-corrected chi connectivity index (χ2v) is 18.1. The normalized spacial score (nSPS) is 21.1. The van der Waals surface area contributed by atoms with Crippen molar-refractivity contribution in [3.05, 3.63) is 95.1 Å². The van der Waals surface area contributed by atoms with Crippen LogP contribution in [0.3, 0.4) is 0 Å². The predicted molar refractivity (Wildman–Crippen MR) is 210 cm³/mol. The summed E-state index contributed by atoms with van der Waals surface area (Å²) in [6.45, 7) is 20.8. The molecule has 0 N–H and O–H groups in total. The highest BCUT2D eigenvalue weighted by Crippen LogP contribution is 2.52. The molecule has 4 aliphatic rings. The quantitative estimate of drug-likeness (QED) is 0.178. The maximum atomic E-state index is 7.17. The van der Waals surface area contributed by atoms with E-state index in [1.54, 1.807) is 0 Å². The summed E-state index contributed by atoms with van der Waals surface area (Å²) in [6.07, 6.45) is 5.44. The number of rotatable bonds is 3. The van der Waals surface area contributed by atoms with Crippen LogP contribution in [0.15, 0.2) is 77.2 Å². The Morgan fingerprint density at radius 1 is 0.755 bits per heavy atom. The molecule has 3 atom stereocenters. The van der Waals surface area contributed by atoms with Crippen LogP contribution in [0.4, 0.5) is 28.4 Å². The third-order valence-corrected chi connectivity index (χ3v) is 12.4. The van der Waals surface area contributed by atoms with Crippen molar-refractivity contribution < 1.29 is 4.42 Å². The van der Waals surface area contributed by atoms with Gasteiger partial charge in [0.1, 0.15) is 5.58 Å². The van der Waals surface area contributed by atoms with Crippen molar-refractivity contribution in [3.8, 4) is 0 Å². The summed E-state index contributed by atoms with van der Waals surface area (Å²) in [4.78, 5) is 5.36. The van der Waals surface area contributed by atoms with Crippen molar-refractivity contribution in [2.75, 3.05) is 9.80 Å². The molecule has 2 fully saturated rings. The van der Waals surface area contributed by atoms with Crippen molar-refractivity contribution in [1.29, 1.82) is 0 Å². The van der Waals surface area contributed by atoms with E-state index >= 15 is 0 Å². The number of fused-ring (bicyclic) bond motifs is 8. The molecule has 2 bridgehead atoms. The molecule has 49 heavy (non-hydrogen) atoms. The maximum absolute atomic E-state index is 7.17. The van der Waals surface area contributed by atoms with E-state index in [0.29, 0.717) is 12.0 Å². The largest absolute Gasteiger partial charge is 0.468 e. The lowest BCUT2D eigenvalue weighted by Crippen LogP contribution is -2.62. The van der Waals surface area contributed by atoms with Gasteiger partial charge in [-0.1, -0.05) is 92.1 Å². The molecule has 5 aromatic rings. The standard InChI is InChI=1S/C45H51BN2O/c1-26(2)29-12-18-36-35(24-29)46-41-38(20-27(3)21-39(41)48(36)37-23-28-10-11-30(37)22-28)47(33-16-13-31(14-17-33)44(4,5)6)42-34-25-32(45(7,8)9)15-19-40(34)49-43(42)46/h12-21,24-26,28,30,37H,10-11,22-23H2,1-9H3. The molecule has 250 valence electrons. The first-order chi connectivity index (χ1) is 23.3. The zero-order chi connectivity index (χ0) is 34.1. The highest BCUT2D eigenvalue weighted by Gasteiger charge is 2.50. The number of furan rings is 1. The highest BCUT2D eigenvalue weighted by molar-refractivity contribution is 6.99. The van der Waals surface area contributed by atoms with E-state index in [1.165, 1.54) is 92.7 Å². The lowest BCUT2D eigenvalue weighted by molar-refractivity contribution is 0.413. The third-order valence-electron chi connectivity index (χ3n) is 12.4. The molecule has 9 rings (SSSR count). The maximum Gasteiger partial charge on any atom is 0.297 e. The first-order valence-electron chi connectivity index (χ1n) is 18.8. The second-order valence-electron chi connectivity index (χ2n) is 18.1. The van der Waals surface area contributed by atoms with Crippen molar-refractivity contribution in [2.45, 2.75) is 111 Å². The Morgan fingerprint density at radius 2 is 1.47 bits per heavy atom. The van der Waals surface area contributed by atoms with Gasteiger partial charge in [0, 0.05) is 34.2 Å². The number of anilines is 5. The molecule has 0 amide bonds. The van der Waals surface area contributed by atoms with E-state index in [0.717, 1.165) is 23.1 Å². The van der Waals surface area contributed by atoms with Gasteiger partial charge < -0.3 is 14.2 Å². The van der Waals surface area contributed by atoms with Gasteiger partial charge in [-0.2, -0.15) is 0 Å². The molecule has 2 aliphatic heterocycles. The van der Waals surface area contributed by atoms with Gasteiger partial charge in [-0.15, -0.1) is 0 Å². The number of hydrogen-bond acceptors (Lipinski definition) is 3. The first kappa shape index (κ1) is 31.1. The van der Waals surface area contributed by atoms with Crippen molar-refractivity contribution in [2.24, 2.45) is 11.8 Å². The van der Waals surface area contributed by atoms with Crippen molar-refractivity contribution in [1.82, 2.24) is 0 Å². The summed E-state index contributed by atoms with van der Waals surface area (Å²) in [5.41, 5.74) is 16.8. The Kier molecular flexibility index (Phi) is 6.69. The van der Waals surface area contributed by atoms with Crippen molar-refractivity contribution in [3.63, 3.8) is 0 Å². The summed E-state index contributed by atoms with van der Waals surface area (Å²) in [5.74, 6) is 2.08. The smallest absolute Gasteiger partial charge is 0.297 e. The van der Waals surface area contributed by atoms with E-state index in [4.69, 9.17) is 4.42 Å². The minimum absolute atomic E-state index is 0.0264. The Morgan fingerprint density at radius 3 is 2.12 bits per heavy atom. The highest BCUT2D eigenvalue weighted by atomic mass is 16.3. The van der Waals surface area contributed by atoms with Crippen LogP contribution in [0.5, 0.6) is 0 Å². The van der Waals surface area contributed by atoms with Gasteiger partial charge >= 0.3 is 0 Å². The average Bonchev–Trinajstić information content (AvgIpc) is 3.78. The zero-order valence-corrected chi connectivity index (χ0v) is 30.9. The van der Waals surface area contributed by atoms with Gasteiger partial charge in [0.15, 0.2) is 0 Å². The van der Waals surface area contributed by atoms with E-state index in [9.17, 15) is 0 Å². The SMILES string of the molecule is Cc1cc2c3c(c1)N(C1CC4CCC1C4)c1ccc(C(C)C)cc1B3c1oc3ccc(C(C)(C)C)cc3c1N2c1ccc(C(C)(C)C)cc1. The van der Waals surface area contributed by atoms with Crippen LogP contribution in [0.2, 0.25) is 0 Å². The number of aryl methyl sites for hydroxylation is 1. The molecule has 0 saturated heterocycles. The predicted octanol–water partition coefficient (Wildman–Crippen LogP) is 10.4. The van der Waals surface area contributed by atoms with Gasteiger partial charge in [0.25, 0.3) is 6.71 Å². The van der Waals surface area contributed by atoms with E-state index < -0.39 is 0 Å². The molecule has 3 unspecified atom stereocenters. The van der Waals surface area contributed by atoms with Crippen LogP contribution in [-0.4, -0.2) is 12.8 Å². The molecule has 0 radical (unpaired) electrons. The van der Waals surface area contributed by atoms with Gasteiger partial charge in [-0.25, -0.2) is 0 Å². The van der Waals surface area contributed by atoms with Gasteiger partial charge in [0.05, 0.1) is 11.3 Å². The lowest BCUT2D eigenvalue weighted by Gasteiger charge is -2.46.